The van der Waals surface area contributed by atoms with E-state index in [1.165, 1.54) is 0 Å². The van der Waals surface area contributed by atoms with Crippen molar-refractivity contribution < 1.29 is 17.9 Å². The second-order valence-corrected chi connectivity index (χ2v) is 8.16. The summed E-state index contributed by atoms with van der Waals surface area (Å²) in [4.78, 5) is 14.8. The molecular formula is C19H22N2O4S. The quantitative estimate of drug-likeness (QED) is 0.806. The van der Waals surface area contributed by atoms with E-state index in [2.05, 4.69) is 0 Å². The number of hydrogen-bond acceptors (Lipinski definition) is 4. The molecule has 138 valence electrons. The van der Waals surface area contributed by atoms with Crippen LogP contribution >= 0.6 is 0 Å². The Bertz CT molecular complexity index is 909. The van der Waals surface area contributed by atoms with E-state index in [0.717, 1.165) is 28.2 Å². The van der Waals surface area contributed by atoms with E-state index in [1.54, 1.807) is 43.2 Å². The number of rotatable bonds is 5. The number of fused-ring (bicyclic) bond motifs is 1. The molecule has 2 aromatic carbocycles. The Labute approximate surface area is 154 Å². The van der Waals surface area contributed by atoms with Crippen LogP contribution in [0, 0.1) is 0 Å². The van der Waals surface area contributed by atoms with Gasteiger partial charge in [-0.1, -0.05) is 18.2 Å². The fraction of sp³-hybridized carbons (Fsp3) is 0.316. The summed E-state index contributed by atoms with van der Waals surface area (Å²) in [6.45, 7) is 2.18. The summed E-state index contributed by atoms with van der Waals surface area (Å²) in [5.74, 6) is 0.380. The third-order valence-electron chi connectivity index (χ3n) is 4.55. The highest BCUT2D eigenvalue weighted by molar-refractivity contribution is 7.92. The van der Waals surface area contributed by atoms with E-state index < -0.39 is 16.1 Å². The number of benzene rings is 2. The van der Waals surface area contributed by atoms with Gasteiger partial charge >= 0.3 is 0 Å². The van der Waals surface area contributed by atoms with Crippen LogP contribution in [0.15, 0.2) is 48.5 Å². The maximum Gasteiger partial charge on any atom is 0.250 e. The lowest BCUT2D eigenvalue weighted by molar-refractivity contribution is -0.119. The van der Waals surface area contributed by atoms with Gasteiger partial charge < -0.3 is 9.64 Å². The van der Waals surface area contributed by atoms with Crippen LogP contribution in [-0.4, -0.2) is 40.3 Å². The van der Waals surface area contributed by atoms with Crippen LogP contribution < -0.4 is 13.9 Å². The van der Waals surface area contributed by atoms with Crippen molar-refractivity contribution in [1.29, 1.82) is 0 Å². The third kappa shape index (κ3) is 3.39. The molecule has 0 N–H and O–H groups in total. The zero-order valence-corrected chi connectivity index (χ0v) is 15.9. The predicted molar refractivity (Wildman–Crippen MR) is 102 cm³/mol. The van der Waals surface area contributed by atoms with Gasteiger partial charge in [-0.3, -0.25) is 9.10 Å². The van der Waals surface area contributed by atoms with Crippen LogP contribution in [0.4, 0.5) is 11.4 Å². The maximum absolute atomic E-state index is 13.1. The molecule has 26 heavy (non-hydrogen) atoms. The van der Waals surface area contributed by atoms with Crippen molar-refractivity contribution in [2.45, 2.75) is 19.4 Å². The second-order valence-electron chi connectivity index (χ2n) is 6.30. The summed E-state index contributed by atoms with van der Waals surface area (Å²) in [6, 6.07) is 13.5. The first-order valence-electron chi connectivity index (χ1n) is 8.35. The summed E-state index contributed by atoms with van der Waals surface area (Å²) in [5, 5.41) is 0. The molecule has 0 saturated carbocycles. The van der Waals surface area contributed by atoms with Gasteiger partial charge in [0.15, 0.2) is 0 Å². The van der Waals surface area contributed by atoms with Gasteiger partial charge in [0.05, 0.1) is 19.1 Å². The van der Waals surface area contributed by atoms with Gasteiger partial charge in [-0.25, -0.2) is 8.42 Å². The fourth-order valence-corrected chi connectivity index (χ4v) is 4.49. The van der Waals surface area contributed by atoms with Gasteiger partial charge in [-0.05, 0) is 49.2 Å². The first-order valence-corrected chi connectivity index (χ1v) is 10.2. The van der Waals surface area contributed by atoms with Gasteiger partial charge in [0, 0.05) is 12.2 Å². The minimum absolute atomic E-state index is 0.240. The monoisotopic (exact) mass is 374 g/mol. The zero-order valence-electron chi connectivity index (χ0n) is 15.0. The Hall–Kier alpha value is -2.54. The summed E-state index contributed by atoms with van der Waals surface area (Å²) in [6.07, 6.45) is 1.88. The molecule has 0 saturated heterocycles. The minimum atomic E-state index is -3.64. The minimum Gasteiger partial charge on any atom is -0.497 e. The largest absolute Gasteiger partial charge is 0.497 e. The van der Waals surface area contributed by atoms with Crippen molar-refractivity contribution in [2.75, 3.05) is 29.1 Å². The van der Waals surface area contributed by atoms with Crippen molar-refractivity contribution in [3.8, 4) is 5.75 Å². The molecule has 1 amide bonds. The predicted octanol–water partition coefficient (Wildman–Crippen LogP) is 2.44. The number of hydrogen-bond donors (Lipinski definition) is 0. The number of anilines is 2. The van der Waals surface area contributed by atoms with E-state index in [0.29, 0.717) is 18.0 Å². The van der Waals surface area contributed by atoms with Crippen LogP contribution in [0.5, 0.6) is 5.75 Å². The Morgan fingerprint density at radius 2 is 1.81 bits per heavy atom. The molecule has 0 aromatic heterocycles. The molecule has 1 aliphatic rings. The third-order valence-corrected chi connectivity index (χ3v) is 5.79. The molecule has 0 fully saturated rings. The Kier molecular flexibility index (Phi) is 4.91. The standard InChI is InChI=1S/C19H22N2O4S/c1-14(19(22)20-13-12-15-6-4-5-7-18(15)20)21(26(3,23)24)16-8-10-17(25-2)11-9-16/h4-11,14H,12-13H2,1-3H3/t14-/m0/s1. The second kappa shape index (κ2) is 6.99. The number of ether oxygens (including phenoxy) is 1. The highest BCUT2D eigenvalue weighted by atomic mass is 32.2. The average Bonchev–Trinajstić information content (AvgIpc) is 3.04. The van der Waals surface area contributed by atoms with E-state index in [-0.39, 0.29) is 5.91 Å². The van der Waals surface area contributed by atoms with Crippen LogP contribution in [0.3, 0.4) is 0 Å². The highest BCUT2D eigenvalue weighted by Crippen LogP contribution is 2.30. The normalized spacial score (nSPS) is 14.7. The molecule has 1 atom stereocenters. The Balaban J connectivity index is 1.93. The smallest absolute Gasteiger partial charge is 0.250 e. The van der Waals surface area contributed by atoms with Gasteiger partial charge in [-0.2, -0.15) is 0 Å². The molecule has 0 spiro atoms. The lowest BCUT2D eigenvalue weighted by Crippen LogP contribution is -2.49. The summed E-state index contributed by atoms with van der Waals surface area (Å²) < 4.78 is 31.1. The molecule has 0 unspecified atom stereocenters. The van der Waals surface area contributed by atoms with Crippen molar-refractivity contribution >= 4 is 27.3 Å². The van der Waals surface area contributed by atoms with E-state index in [1.807, 2.05) is 24.3 Å². The molecule has 0 aliphatic carbocycles. The molecule has 0 radical (unpaired) electrons. The van der Waals surface area contributed by atoms with Gasteiger partial charge in [0.25, 0.3) is 5.91 Å². The van der Waals surface area contributed by atoms with Gasteiger partial charge in [-0.15, -0.1) is 0 Å². The first kappa shape index (κ1) is 18.3. The van der Waals surface area contributed by atoms with Crippen molar-refractivity contribution in [3.05, 3.63) is 54.1 Å². The highest BCUT2D eigenvalue weighted by Gasteiger charge is 2.34. The number of carbonyl (C=O) groups excluding carboxylic acids is 1. The lowest BCUT2D eigenvalue weighted by atomic mass is 10.2. The van der Waals surface area contributed by atoms with E-state index in [4.69, 9.17) is 4.74 Å². The molecule has 2 aromatic rings. The molecule has 1 heterocycles. The SMILES string of the molecule is COc1ccc(N([C@@H](C)C(=O)N2CCc3ccccc32)S(C)(=O)=O)cc1. The molecule has 7 heteroatoms. The molecule has 0 bridgehead atoms. The summed E-state index contributed by atoms with van der Waals surface area (Å²) in [7, 11) is -2.10. The van der Waals surface area contributed by atoms with Crippen LogP contribution in [0.2, 0.25) is 0 Å². The Morgan fingerprint density at radius 1 is 1.15 bits per heavy atom. The zero-order chi connectivity index (χ0) is 18.9. The maximum atomic E-state index is 13.1. The topological polar surface area (TPSA) is 66.9 Å². The molecular weight excluding hydrogens is 352 g/mol. The average molecular weight is 374 g/mol. The van der Waals surface area contributed by atoms with Crippen LogP contribution in [0.25, 0.3) is 0 Å². The van der Waals surface area contributed by atoms with Gasteiger partial charge in [0.2, 0.25) is 10.0 Å². The fourth-order valence-electron chi connectivity index (χ4n) is 3.32. The summed E-state index contributed by atoms with van der Waals surface area (Å²) in [5.41, 5.74) is 2.39. The number of methoxy groups -OCH3 is 1. The van der Waals surface area contributed by atoms with Crippen molar-refractivity contribution in [3.63, 3.8) is 0 Å². The summed E-state index contributed by atoms with van der Waals surface area (Å²) >= 11 is 0. The molecule has 6 nitrogen and oxygen atoms in total. The molecule has 3 rings (SSSR count). The van der Waals surface area contributed by atoms with E-state index >= 15 is 0 Å². The first-order chi connectivity index (χ1) is 12.3. The van der Waals surface area contributed by atoms with Crippen molar-refractivity contribution in [2.24, 2.45) is 0 Å². The van der Waals surface area contributed by atoms with Crippen LogP contribution in [-0.2, 0) is 21.2 Å². The number of amides is 1. The number of sulfonamides is 1. The van der Waals surface area contributed by atoms with E-state index in [9.17, 15) is 13.2 Å². The number of nitrogens with zero attached hydrogens (tertiary/aromatic N) is 2. The lowest BCUT2D eigenvalue weighted by Gasteiger charge is -2.31. The van der Waals surface area contributed by atoms with Crippen molar-refractivity contribution in [1.82, 2.24) is 0 Å². The number of carbonyl (C=O) groups is 1. The van der Waals surface area contributed by atoms with Crippen LogP contribution in [0.1, 0.15) is 12.5 Å². The number of para-hydroxylation sites is 1. The Morgan fingerprint density at radius 3 is 2.42 bits per heavy atom. The van der Waals surface area contributed by atoms with Gasteiger partial charge in [0.1, 0.15) is 11.8 Å². The molecule has 1 aliphatic heterocycles.